The van der Waals surface area contributed by atoms with Crippen LogP contribution in [0.2, 0.25) is 0 Å². The van der Waals surface area contributed by atoms with Gasteiger partial charge in [-0.3, -0.25) is 4.79 Å². The molecule has 0 radical (unpaired) electrons. The molecule has 1 aliphatic rings. The predicted octanol–water partition coefficient (Wildman–Crippen LogP) is 4.67. The maximum absolute atomic E-state index is 12.2. The van der Waals surface area contributed by atoms with Gasteiger partial charge in [-0.2, -0.15) is 0 Å². The number of hydrogen-bond acceptors (Lipinski definition) is 2. The lowest BCUT2D eigenvalue weighted by atomic mass is 9.92. The highest BCUT2D eigenvalue weighted by Gasteiger charge is 2.27. The van der Waals surface area contributed by atoms with Crippen LogP contribution >= 0.6 is 0 Å². The zero-order valence-electron chi connectivity index (χ0n) is 12.4. The summed E-state index contributed by atoms with van der Waals surface area (Å²) in [7, 11) is 0. The second kappa shape index (κ2) is 4.99. The maximum Gasteiger partial charge on any atom is 0.317 e. The monoisotopic (exact) mass is 288 g/mol. The Hall–Kier alpha value is -2.61. The molecular weight excluding hydrogens is 272 g/mol. The number of carbonyl (C=O) groups is 1. The van der Waals surface area contributed by atoms with E-state index in [4.69, 9.17) is 4.74 Å². The summed E-state index contributed by atoms with van der Waals surface area (Å²) < 4.78 is 5.23. The van der Waals surface area contributed by atoms with Crippen LogP contribution in [0.3, 0.4) is 0 Å². The fraction of sp³-hybridized carbons (Fsp3) is 0.150. The lowest BCUT2D eigenvalue weighted by Crippen LogP contribution is -2.13. The summed E-state index contributed by atoms with van der Waals surface area (Å²) in [5.74, 6) is -0.460. The molecule has 0 saturated carbocycles. The van der Waals surface area contributed by atoms with Crippen LogP contribution in [0.15, 0.2) is 54.6 Å². The molecule has 1 unspecified atom stereocenters. The molecule has 0 amide bonds. The summed E-state index contributed by atoms with van der Waals surface area (Å²) in [6, 6.07) is 16.9. The van der Waals surface area contributed by atoms with Crippen molar-refractivity contribution in [3.63, 3.8) is 0 Å². The van der Waals surface area contributed by atoms with E-state index in [9.17, 15) is 4.79 Å². The first kappa shape index (κ1) is 13.1. The standard InChI is InChI=1S/C20H16O2/c1-2-22-20(21)17-10-9-13-7-8-16-11-14-5-3-4-6-15(14)12-18(16)19(13)17/h3-12,17H,2H2,1H3. The fourth-order valence-corrected chi connectivity index (χ4v) is 3.27. The van der Waals surface area contributed by atoms with E-state index in [1.807, 2.05) is 31.2 Å². The van der Waals surface area contributed by atoms with Crippen molar-refractivity contribution in [2.75, 3.05) is 6.61 Å². The average molecular weight is 288 g/mol. The number of benzene rings is 3. The summed E-state index contributed by atoms with van der Waals surface area (Å²) in [5, 5.41) is 4.71. The van der Waals surface area contributed by atoms with E-state index in [-0.39, 0.29) is 11.9 Å². The van der Waals surface area contributed by atoms with Crippen molar-refractivity contribution in [3.05, 3.63) is 65.7 Å². The van der Waals surface area contributed by atoms with E-state index < -0.39 is 0 Å². The molecule has 2 heteroatoms. The van der Waals surface area contributed by atoms with E-state index in [2.05, 4.69) is 36.4 Å². The van der Waals surface area contributed by atoms with Gasteiger partial charge in [-0.05, 0) is 51.7 Å². The Morgan fingerprint density at radius 3 is 2.59 bits per heavy atom. The third-order valence-electron chi connectivity index (χ3n) is 4.28. The van der Waals surface area contributed by atoms with Gasteiger partial charge in [0.15, 0.2) is 0 Å². The number of esters is 1. The van der Waals surface area contributed by atoms with Crippen LogP contribution in [0.4, 0.5) is 0 Å². The van der Waals surface area contributed by atoms with E-state index in [1.165, 1.54) is 10.8 Å². The van der Waals surface area contributed by atoms with E-state index in [0.717, 1.165) is 21.9 Å². The molecule has 0 bridgehead atoms. The molecule has 22 heavy (non-hydrogen) atoms. The summed E-state index contributed by atoms with van der Waals surface area (Å²) in [4.78, 5) is 12.2. The van der Waals surface area contributed by atoms with Crippen molar-refractivity contribution in [1.29, 1.82) is 0 Å². The SMILES string of the molecule is CCOC(=O)C1C=Cc2ccc3cc4ccccc4cc3c21. The molecule has 0 aliphatic heterocycles. The predicted molar refractivity (Wildman–Crippen MR) is 89.9 cm³/mol. The summed E-state index contributed by atoms with van der Waals surface area (Å²) in [6.07, 6.45) is 3.96. The zero-order chi connectivity index (χ0) is 15.1. The second-order valence-corrected chi connectivity index (χ2v) is 5.58. The topological polar surface area (TPSA) is 26.3 Å². The largest absolute Gasteiger partial charge is 0.465 e. The Balaban J connectivity index is 1.97. The van der Waals surface area contributed by atoms with Crippen molar-refractivity contribution in [2.45, 2.75) is 12.8 Å². The number of carbonyl (C=O) groups excluding carboxylic acids is 1. The van der Waals surface area contributed by atoms with Gasteiger partial charge in [-0.25, -0.2) is 0 Å². The Bertz CT molecular complexity index is 922. The van der Waals surface area contributed by atoms with Crippen LogP contribution in [0.1, 0.15) is 24.0 Å². The quantitative estimate of drug-likeness (QED) is 0.506. The first-order valence-electron chi connectivity index (χ1n) is 7.58. The second-order valence-electron chi connectivity index (χ2n) is 5.58. The van der Waals surface area contributed by atoms with Crippen LogP contribution < -0.4 is 0 Å². The minimum absolute atomic E-state index is 0.168. The maximum atomic E-state index is 12.2. The van der Waals surface area contributed by atoms with Gasteiger partial charge in [-0.15, -0.1) is 0 Å². The average Bonchev–Trinajstić information content (AvgIpc) is 2.98. The van der Waals surface area contributed by atoms with Crippen molar-refractivity contribution in [2.24, 2.45) is 0 Å². The van der Waals surface area contributed by atoms with Crippen molar-refractivity contribution in [3.8, 4) is 0 Å². The van der Waals surface area contributed by atoms with Crippen LogP contribution in [0, 0.1) is 0 Å². The summed E-state index contributed by atoms with van der Waals surface area (Å²) in [6.45, 7) is 2.25. The zero-order valence-corrected chi connectivity index (χ0v) is 12.4. The Labute approximate surface area is 129 Å². The van der Waals surface area contributed by atoms with Crippen LogP contribution in [0.5, 0.6) is 0 Å². The number of ether oxygens (including phenoxy) is 1. The molecule has 4 rings (SSSR count). The first-order valence-corrected chi connectivity index (χ1v) is 7.58. The van der Waals surface area contributed by atoms with Gasteiger partial charge >= 0.3 is 5.97 Å². The van der Waals surface area contributed by atoms with Crippen LogP contribution in [-0.4, -0.2) is 12.6 Å². The van der Waals surface area contributed by atoms with Crippen molar-refractivity contribution < 1.29 is 9.53 Å². The van der Waals surface area contributed by atoms with Gasteiger partial charge in [0.05, 0.1) is 6.61 Å². The summed E-state index contributed by atoms with van der Waals surface area (Å²) in [5.41, 5.74) is 2.18. The molecular formula is C20H16O2. The molecule has 3 aromatic rings. The van der Waals surface area contributed by atoms with Gasteiger partial charge < -0.3 is 4.74 Å². The van der Waals surface area contributed by atoms with Gasteiger partial charge in [0, 0.05) is 0 Å². The third-order valence-corrected chi connectivity index (χ3v) is 4.28. The number of hydrogen-bond donors (Lipinski definition) is 0. The molecule has 1 atom stereocenters. The van der Waals surface area contributed by atoms with Crippen LogP contribution in [0.25, 0.3) is 27.6 Å². The summed E-state index contributed by atoms with van der Waals surface area (Å²) >= 11 is 0. The van der Waals surface area contributed by atoms with E-state index >= 15 is 0 Å². The molecule has 0 fully saturated rings. The van der Waals surface area contributed by atoms with Crippen molar-refractivity contribution in [1.82, 2.24) is 0 Å². The molecule has 0 saturated heterocycles. The van der Waals surface area contributed by atoms with E-state index in [0.29, 0.717) is 6.61 Å². The van der Waals surface area contributed by atoms with Gasteiger partial charge in [0.2, 0.25) is 0 Å². The molecule has 0 N–H and O–H groups in total. The van der Waals surface area contributed by atoms with Gasteiger partial charge in [0.25, 0.3) is 0 Å². The van der Waals surface area contributed by atoms with Crippen LogP contribution in [-0.2, 0) is 9.53 Å². The molecule has 0 heterocycles. The van der Waals surface area contributed by atoms with Gasteiger partial charge in [0.1, 0.15) is 5.92 Å². The Morgan fingerprint density at radius 1 is 1.05 bits per heavy atom. The molecule has 0 aromatic heterocycles. The molecule has 2 nitrogen and oxygen atoms in total. The number of fused-ring (bicyclic) bond motifs is 4. The number of rotatable bonds is 2. The normalized spacial score (nSPS) is 16.1. The lowest BCUT2D eigenvalue weighted by molar-refractivity contribution is -0.143. The highest BCUT2D eigenvalue weighted by atomic mass is 16.5. The molecule has 3 aromatic carbocycles. The fourth-order valence-electron chi connectivity index (χ4n) is 3.27. The Morgan fingerprint density at radius 2 is 1.82 bits per heavy atom. The van der Waals surface area contributed by atoms with Crippen molar-refractivity contribution >= 4 is 33.6 Å². The minimum Gasteiger partial charge on any atom is -0.465 e. The highest BCUT2D eigenvalue weighted by Crippen LogP contribution is 2.38. The Kier molecular flexibility index (Phi) is 2.97. The molecule has 108 valence electrons. The first-order chi connectivity index (χ1) is 10.8. The molecule has 1 aliphatic carbocycles. The highest BCUT2D eigenvalue weighted by molar-refractivity contribution is 6.04. The lowest BCUT2D eigenvalue weighted by Gasteiger charge is -2.14. The third kappa shape index (κ3) is 1.92. The molecule has 0 spiro atoms. The minimum atomic E-state index is -0.292. The van der Waals surface area contributed by atoms with E-state index in [1.54, 1.807) is 0 Å². The van der Waals surface area contributed by atoms with Gasteiger partial charge in [-0.1, -0.05) is 48.6 Å². The smallest absolute Gasteiger partial charge is 0.317 e.